The number of hydrogen-bond donors (Lipinski definition) is 2. The van der Waals surface area contributed by atoms with E-state index in [1.807, 2.05) is 0 Å². The van der Waals surface area contributed by atoms with E-state index in [0.717, 1.165) is 17.2 Å². The Labute approximate surface area is 211 Å². The molecule has 1 fully saturated rings. The summed E-state index contributed by atoms with van der Waals surface area (Å²) in [6.07, 6.45) is 0.411. The number of carboxylic acids is 1. The maximum atomic E-state index is 13.2. The number of tetrazole rings is 1. The van der Waals surface area contributed by atoms with Gasteiger partial charge >= 0.3 is 16.1 Å². The van der Waals surface area contributed by atoms with E-state index in [1.54, 1.807) is 7.05 Å². The van der Waals surface area contributed by atoms with Gasteiger partial charge in [-0.3, -0.25) is 14.5 Å². The van der Waals surface area contributed by atoms with Crippen molar-refractivity contribution in [2.24, 2.45) is 7.05 Å². The van der Waals surface area contributed by atoms with Crippen LogP contribution in [-0.2, 0) is 42.7 Å². The van der Waals surface area contributed by atoms with Crippen molar-refractivity contribution in [1.29, 1.82) is 0 Å². The van der Waals surface area contributed by atoms with Crippen LogP contribution < -0.4 is 9.50 Å². The fourth-order valence-corrected chi connectivity index (χ4v) is 6.35. The molecule has 0 unspecified atom stereocenters. The summed E-state index contributed by atoms with van der Waals surface area (Å²) in [5.41, 5.74) is -1.51. The number of amides is 2. The van der Waals surface area contributed by atoms with Crippen LogP contribution in [0.2, 0.25) is 0 Å². The molecule has 2 aromatic heterocycles. The number of rotatable bonds is 10. The van der Waals surface area contributed by atoms with Crippen molar-refractivity contribution in [2.75, 3.05) is 24.9 Å². The van der Waals surface area contributed by atoms with Gasteiger partial charge in [0.25, 0.3) is 17.5 Å². The lowest BCUT2D eigenvalue weighted by Crippen LogP contribution is -2.80. The zero-order valence-electron chi connectivity index (χ0n) is 18.9. The highest BCUT2D eigenvalue weighted by Gasteiger charge is 2.66. The largest absolute Gasteiger partial charge is 0.477 e. The van der Waals surface area contributed by atoms with Gasteiger partial charge in [0.2, 0.25) is 11.1 Å². The first kappa shape index (κ1) is 25.9. The second-order valence-electron chi connectivity index (χ2n) is 7.55. The predicted molar refractivity (Wildman–Crippen MR) is 121 cm³/mol. The molecule has 16 nitrogen and oxygen atoms in total. The van der Waals surface area contributed by atoms with Crippen LogP contribution in [-0.4, -0.2) is 97.5 Å². The molecule has 2 N–H and O–H groups in total. The zero-order chi connectivity index (χ0) is 26.3. The van der Waals surface area contributed by atoms with Gasteiger partial charge in [-0.2, -0.15) is 8.42 Å². The lowest BCUT2D eigenvalue weighted by Gasteiger charge is -2.55. The number of nitrogens with one attached hydrogen (secondary N) is 1. The van der Waals surface area contributed by atoms with Crippen LogP contribution in [0.4, 0.5) is 0 Å². The highest BCUT2D eigenvalue weighted by Crippen LogP contribution is 2.47. The SMILES string of the molecule is CO[C@@]1(NC(=O)Cc2cc(OS(C)(=O)=O)no2)C(=O)N2C(C(=O)O)=C(CSc3nnnn3C)CS[C@@H]21. The van der Waals surface area contributed by atoms with Crippen molar-refractivity contribution in [2.45, 2.75) is 22.7 Å². The van der Waals surface area contributed by atoms with Gasteiger partial charge in [-0.25, -0.2) is 9.48 Å². The average molecular weight is 562 g/mol. The smallest absolute Gasteiger partial charge is 0.352 e. The molecule has 0 spiro atoms. The maximum Gasteiger partial charge on any atom is 0.352 e. The molecule has 0 saturated carbocycles. The first-order chi connectivity index (χ1) is 16.9. The number of aliphatic carboxylic acids is 1. The molecule has 36 heavy (non-hydrogen) atoms. The van der Waals surface area contributed by atoms with Gasteiger partial charge in [-0.05, 0) is 21.2 Å². The number of hydrogen-bond acceptors (Lipinski definition) is 14. The van der Waals surface area contributed by atoms with E-state index in [9.17, 15) is 27.9 Å². The summed E-state index contributed by atoms with van der Waals surface area (Å²) >= 11 is 2.45. The lowest BCUT2D eigenvalue weighted by atomic mass is 9.98. The van der Waals surface area contributed by atoms with E-state index in [2.05, 4.69) is 30.2 Å². The number of nitrogens with zero attached hydrogens (tertiary/aromatic N) is 6. The van der Waals surface area contributed by atoms with E-state index in [0.29, 0.717) is 10.7 Å². The second-order valence-corrected chi connectivity index (χ2v) is 11.1. The normalized spacial score (nSPS) is 21.7. The third-order valence-corrected chi connectivity index (χ3v) is 7.97. The molecular formula is C17H19N7O9S3. The monoisotopic (exact) mass is 561 g/mol. The molecule has 2 atom stereocenters. The van der Waals surface area contributed by atoms with Gasteiger partial charge in [-0.1, -0.05) is 11.8 Å². The van der Waals surface area contributed by atoms with Crippen molar-refractivity contribution in [1.82, 2.24) is 35.6 Å². The van der Waals surface area contributed by atoms with Crippen molar-refractivity contribution in [3.05, 3.63) is 23.1 Å². The fourth-order valence-electron chi connectivity index (χ4n) is 3.53. The van der Waals surface area contributed by atoms with Crippen LogP contribution in [0.15, 0.2) is 27.0 Å². The Morgan fingerprint density at radius 2 is 2.19 bits per heavy atom. The minimum Gasteiger partial charge on any atom is -0.477 e. The highest BCUT2D eigenvalue weighted by molar-refractivity contribution is 8.01. The summed E-state index contributed by atoms with van der Waals surface area (Å²) < 4.78 is 38.7. The number of carbonyl (C=O) groups excluding carboxylic acids is 2. The average Bonchev–Trinajstić information content (AvgIpc) is 3.41. The van der Waals surface area contributed by atoms with Gasteiger partial charge in [0.1, 0.15) is 16.8 Å². The summed E-state index contributed by atoms with van der Waals surface area (Å²) in [7, 11) is -0.970. The van der Waals surface area contributed by atoms with Gasteiger partial charge in [0.15, 0.2) is 0 Å². The van der Waals surface area contributed by atoms with E-state index in [4.69, 9.17) is 9.26 Å². The maximum absolute atomic E-state index is 13.2. The van der Waals surface area contributed by atoms with Crippen molar-refractivity contribution >= 4 is 51.4 Å². The van der Waals surface area contributed by atoms with E-state index < -0.39 is 45.4 Å². The molecule has 4 heterocycles. The zero-order valence-corrected chi connectivity index (χ0v) is 21.3. The second kappa shape index (κ2) is 9.71. The molecule has 0 aromatic carbocycles. The number of methoxy groups -OCH3 is 1. The molecule has 2 aliphatic heterocycles. The van der Waals surface area contributed by atoms with Crippen LogP contribution in [0.5, 0.6) is 5.88 Å². The summed E-state index contributed by atoms with van der Waals surface area (Å²) in [5, 5.41) is 26.5. The summed E-state index contributed by atoms with van der Waals surface area (Å²) in [6, 6.07) is 1.12. The minimum atomic E-state index is -3.84. The van der Waals surface area contributed by atoms with Crippen LogP contribution in [0.25, 0.3) is 0 Å². The molecule has 4 rings (SSSR count). The van der Waals surface area contributed by atoms with Gasteiger partial charge in [0.05, 0.1) is 12.7 Å². The third kappa shape index (κ3) is 4.90. The number of carbonyl (C=O) groups is 3. The number of ether oxygens (including phenoxy) is 1. The van der Waals surface area contributed by atoms with Gasteiger partial charge in [0, 0.05) is 31.7 Å². The number of fused-ring (bicyclic) bond motifs is 1. The standard InChI is InChI=1S/C17H19N7O9S3/c1-23-16(19-21-22-23)35-7-8-6-34-15-17(31-2,14(28)24(15)12(8)13(26)27)18-10(25)4-9-5-11(20-32-9)33-36(3,29)30/h5,15H,4,6-7H2,1-3H3,(H,18,25)(H,26,27)/t15-,17+/m1/s1. The fraction of sp³-hybridized carbons (Fsp3) is 0.471. The Hall–Kier alpha value is -3.16. The quantitative estimate of drug-likeness (QED) is 0.148. The van der Waals surface area contributed by atoms with E-state index >= 15 is 0 Å². The molecule has 0 bridgehead atoms. The van der Waals surface area contributed by atoms with Crippen LogP contribution in [0.3, 0.4) is 0 Å². The molecular weight excluding hydrogens is 542 g/mol. The highest BCUT2D eigenvalue weighted by atomic mass is 32.2. The van der Waals surface area contributed by atoms with Gasteiger partial charge in [-0.15, -0.1) is 16.9 Å². The Balaban J connectivity index is 1.48. The predicted octanol–water partition coefficient (Wildman–Crippen LogP) is -1.42. The molecule has 1 saturated heterocycles. The Morgan fingerprint density at radius 3 is 2.81 bits per heavy atom. The number of aromatic nitrogens is 5. The summed E-state index contributed by atoms with van der Waals surface area (Å²) in [4.78, 5) is 39.0. The molecule has 0 aliphatic carbocycles. The van der Waals surface area contributed by atoms with E-state index in [-0.39, 0.29) is 28.8 Å². The molecule has 19 heteroatoms. The van der Waals surface area contributed by atoms with Crippen molar-refractivity contribution in [3.8, 4) is 5.88 Å². The Kier molecular flexibility index (Phi) is 6.99. The molecule has 2 aromatic rings. The lowest BCUT2D eigenvalue weighted by molar-refractivity contribution is -0.192. The summed E-state index contributed by atoms with van der Waals surface area (Å²) in [5.74, 6) is -2.65. The molecule has 0 radical (unpaired) electrons. The molecule has 2 aliphatic rings. The van der Waals surface area contributed by atoms with Crippen LogP contribution >= 0.6 is 23.5 Å². The van der Waals surface area contributed by atoms with Gasteiger partial charge < -0.3 is 23.9 Å². The first-order valence-corrected chi connectivity index (χ1v) is 13.8. The number of carboxylic acid groups (broad SMARTS) is 1. The number of aryl methyl sites for hydroxylation is 1. The van der Waals surface area contributed by atoms with Crippen molar-refractivity contribution < 1.29 is 41.4 Å². The van der Waals surface area contributed by atoms with Crippen molar-refractivity contribution in [3.63, 3.8) is 0 Å². The summed E-state index contributed by atoms with van der Waals surface area (Å²) in [6.45, 7) is 0. The minimum absolute atomic E-state index is 0.0268. The topological polar surface area (TPSA) is 209 Å². The van der Waals surface area contributed by atoms with E-state index in [1.165, 1.54) is 35.3 Å². The Morgan fingerprint density at radius 1 is 1.44 bits per heavy atom. The van der Waals surface area contributed by atoms with Crippen LogP contribution in [0.1, 0.15) is 5.76 Å². The molecule has 2 amide bonds. The molecule has 194 valence electrons. The number of thioether (sulfide) groups is 2. The van der Waals surface area contributed by atoms with Crippen LogP contribution in [0, 0.1) is 0 Å². The number of β-lactam (4-membered cyclic amide) rings is 1. The first-order valence-electron chi connectivity index (χ1n) is 9.92. The third-order valence-electron chi connectivity index (χ3n) is 5.03. The Bertz CT molecular complexity index is 1350.